The van der Waals surface area contributed by atoms with Crippen molar-refractivity contribution in [2.24, 2.45) is 0 Å². The Morgan fingerprint density at radius 3 is 2.17 bits per heavy atom. The molecule has 0 aliphatic carbocycles. The number of ether oxygens (including phenoxy) is 5. The maximum absolute atomic E-state index is 12.4. The molecule has 0 fully saturated rings. The van der Waals surface area contributed by atoms with Crippen LogP contribution in [-0.4, -0.2) is 45.9 Å². The summed E-state index contributed by atoms with van der Waals surface area (Å²) >= 11 is 0. The summed E-state index contributed by atoms with van der Waals surface area (Å²) in [6, 6.07) is 10.0. The number of hydrogen-bond donors (Lipinski definition) is 1. The maximum atomic E-state index is 12.4. The molecule has 8 heteroatoms. The van der Waals surface area contributed by atoms with Crippen LogP contribution in [0.2, 0.25) is 0 Å². The molecule has 1 N–H and O–H groups in total. The summed E-state index contributed by atoms with van der Waals surface area (Å²) in [5.41, 5.74) is 1.07. The second-order valence-corrected chi connectivity index (χ2v) is 6.25. The zero-order valence-corrected chi connectivity index (χ0v) is 17.8. The molecule has 0 unspecified atom stereocenters. The fourth-order valence-corrected chi connectivity index (χ4v) is 2.67. The van der Waals surface area contributed by atoms with Crippen molar-refractivity contribution in [3.05, 3.63) is 47.5 Å². The van der Waals surface area contributed by atoms with Gasteiger partial charge < -0.3 is 29.0 Å². The highest BCUT2D eigenvalue weighted by Gasteiger charge is 2.20. The average molecular weight is 417 g/mol. The highest BCUT2D eigenvalue weighted by molar-refractivity contribution is 5.92. The number of amides is 1. The van der Waals surface area contributed by atoms with Crippen molar-refractivity contribution in [3.63, 3.8) is 0 Å². The van der Waals surface area contributed by atoms with Crippen molar-refractivity contribution in [2.45, 2.75) is 26.5 Å². The smallest absolute Gasteiger partial charge is 0.339 e. The minimum absolute atomic E-state index is 0.248. The Labute approximate surface area is 176 Å². The molecule has 0 heterocycles. The van der Waals surface area contributed by atoms with Crippen LogP contribution in [-0.2, 0) is 16.1 Å². The Hall–Kier alpha value is -3.42. The number of benzene rings is 2. The van der Waals surface area contributed by atoms with E-state index in [2.05, 4.69) is 5.32 Å². The fraction of sp³-hybridized carbons (Fsp3) is 0.364. The molecule has 162 valence electrons. The first-order chi connectivity index (χ1) is 14.4. The number of nitrogens with one attached hydrogen (secondary N) is 1. The van der Waals surface area contributed by atoms with E-state index in [1.165, 1.54) is 27.2 Å². The quantitative estimate of drug-likeness (QED) is 0.594. The molecule has 0 spiro atoms. The largest absolute Gasteiger partial charge is 0.493 e. The van der Waals surface area contributed by atoms with Crippen LogP contribution in [0.5, 0.6) is 23.0 Å². The van der Waals surface area contributed by atoms with Crippen LogP contribution >= 0.6 is 0 Å². The van der Waals surface area contributed by atoms with E-state index in [-0.39, 0.29) is 12.1 Å². The summed E-state index contributed by atoms with van der Waals surface area (Å²) in [4.78, 5) is 24.7. The van der Waals surface area contributed by atoms with Gasteiger partial charge in [0, 0.05) is 6.54 Å². The minimum Gasteiger partial charge on any atom is -0.493 e. The van der Waals surface area contributed by atoms with Gasteiger partial charge in [-0.2, -0.15) is 0 Å². The predicted octanol–water partition coefficient (Wildman–Crippen LogP) is 2.97. The molecule has 0 bridgehead atoms. The third-order valence-corrected chi connectivity index (χ3v) is 4.27. The molecule has 8 nitrogen and oxygen atoms in total. The van der Waals surface area contributed by atoms with Crippen LogP contribution in [0.25, 0.3) is 0 Å². The Balaban J connectivity index is 1.96. The van der Waals surface area contributed by atoms with Gasteiger partial charge in [-0.1, -0.05) is 6.07 Å². The molecule has 0 aliphatic heterocycles. The Kier molecular flexibility index (Phi) is 8.34. The molecule has 2 aromatic rings. The molecule has 2 rings (SSSR count). The Morgan fingerprint density at radius 2 is 1.53 bits per heavy atom. The van der Waals surface area contributed by atoms with Gasteiger partial charge in [0.25, 0.3) is 5.91 Å². The van der Waals surface area contributed by atoms with Crippen LogP contribution in [0, 0.1) is 0 Å². The molecule has 30 heavy (non-hydrogen) atoms. The monoisotopic (exact) mass is 417 g/mol. The van der Waals surface area contributed by atoms with Crippen LogP contribution < -0.4 is 24.3 Å². The van der Waals surface area contributed by atoms with Gasteiger partial charge in [0.1, 0.15) is 0 Å². The lowest BCUT2D eigenvalue weighted by Crippen LogP contribution is -2.35. The standard InChI is InChI=1S/C22H27NO7/c1-6-29-18-10-8-16(12-20(18)28-5)22(25)30-14(2)21(24)23-13-15-7-9-17(26-3)19(11-15)27-4/h7-12,14H,6,13H2,1-5H3,(H,23,24)/t14-/m1/s1. The third-order valence-electron chi connectivity index (χ3n) is 4.27. The number of carbonyl (C=O) groups excluding carboxylic acids is 2. The molecule has 0 aliphatic rings. The number of rotatable bonds is 10. The lowest BCUT2D eigenvalue weighted by Gasteiger charge is -2.15. The van der Waals surface area contributed by atoms with Crippen LogP contribution in [0.1, 0.15) is 29.8 Å². The van der Waals surface area contributed by atoms with Crippen molar-refractivity contribution in [1.82, 2.24) is 5.32 Å². The lowest BCUT2D eigenvalue weighted by molar-refractivity contribution is -0.129. The van der Waals surface area contributed by atoms with E-state index in [1.54, 1.807) is 31.4 Å². The summed E-state index contributed by atoms with van der Waals surface area (Å²) in [5.74, 6) is 1.05. The van der Waals surface area contributed by atoms with Gasteiger partial charge in [-0.3, -0.25) is 4.79 Å². The molecule has 1 amide bonds. The first-order valence-corrected chi connectivity index (χ1v) is 9.43. The molecule has 0 aromatic heterocycles. The van der Waals surface area contributed by atoms with Crippen molar-refractivity contribution < 1.29 is 33.3 Å². The molecule has 0 saturated carbocycles. The van der Waals surface area contributed by atoms with Gasteiger partial charge in [-0.25, -0.2) is 4.79 Å². The predicted molar refractivity (Wildman–Crippen MR) is 110 cm³/mol. The van der Waals surface area contributed by atoms with Crippen molar-refractivity contribution in [3.8, 4) is 23.0 Å². The van der Waals surface area contributed by atoms with Gasteiger partial charge in [-0.15, -0.1) is 0 Å². The van der Waals surface area contributed by atoms with Crippen LogP contribution in [0.4, 0.5) is 0 Å². The van der Waals surface area contributed by atoms with E-state index in [9.17, 15) is 9.59 Å². The topological polar surface area (TPSA) is 92.3 Å². The molecule has 1 atom stereocenters. The van der Waals surface area contributed by atoms with Gasteiger partial charge >= 0.3 is 5.97 Å². The van der Waals surface area contributed by atoms with E-state index in [0.29, 0.717) is 29.6 Å². The van der Waals surface area contributed by atoms with Crippen molar-refractivity contribution >= 4 is 11.9 Å². The van der Waals surface area contributed by atoms with E-state index in [0.717, 1.165) is 5.56 Å². The highest BCUT2D eigenvalue weighted by atomic mass is 16.5. The van der Waals surface area contributed by atoms with Crippen molar-refractivity contribution in [1.29, 1.82) is 0 Å². The normalized spacial score (nSPS) is 11.2. The van der Waals surface area contributed by atoms with Gasteiger partial charge in [0.15, 0.2) is 29.1 Å². The van der Waals surface area contributed by atoms with Gasteiger partial charge in [-0.05, 0) is 49.7 Å². The third kappa shape index (κ3) is 5.79. The molecular weight excluding hydrogens is 390 g/mol. The summed E-state index contributed by atoms with van der Waals surface area (Å²) in [7, 11) is 4.57. The average Bonchev–Trinajstić information content (AvgIpc) is 2.77. The molecule has 0 saturated heterocycles. The van der Waals surface area contributed by atoms with Crippen LogP contribution in [0.15, 0.2) is 36.4 Å². The van der Waals surface area contributed by atoms with Crippen molar-refractivity contribution in [2.75, 3.05) is 27.9 Å². The Morgan fingerprint density at radius 1 is 0.900 bits per heavy atom. The molecule has 0 radical (unpaired) electrons. The minimum atomic E-state index is -0.977. The summed E-state index contributed by atoms with van der Waals surface area (Å²) < 4.78 is 26.4. The van der Waals surface area contributed by atoms with Crippen LogP contribution in [0.3, 0.4) is 0 Å². The number of esters is 1. The second kappa shape index (κ2) is 10.9. The summed E-state index contributed by atoms with van der Waals surface area (Å²) in [6.07, 6.45) is -0.977. The highest BCUT2D eigenvalue weighted by Crippen LogP contribution is 2.29. The lowest BCUT2D eigenvalue weighted by atomic mass is 10.2. The van der Waals surface area contributed by atoms with E-state index in [4.69, 9.17) is 23.7 Å². The summed E-state index contributed by atoms with van der Waals surface area (Å²) in [5, 5.41) is 2.74. The zero-order chi connectivity index (χ0) is 22.1. The first kappa shape index (κ1) is 22.9. The summed E-state index contributed by atoms with van der Waals surface area (Å²) in [6.45, 7) is 4.08. The second-order valence-electron chi connectivity index (χ2n) is 6.25. The maximum Gasteiger partial charge on any atom is 0.339 e. The first-order valence-electron chi connectivity index (χ1n) is 9.43. The van der Waals surface area contributed by atoms with Gasteiger partial charge in [0.05, 0.1) is 33.5 Å². The number of carbonyl (C=O) groups is 2. The van der Waals surface area contributed by atoms with E-state index in [1.807, 2.05) is 13.0 Å². The van der Waals surface area contributed by atoms with E-state index >= 15 is 0 Å². The van der Waals surface area contributed by atoms with E-state index < -0.39 is 18.0 Å². The van der Waals surface area contributed by atoms with Gasteiger partial charge in [0.2, 0.25) is 0 Å². The number of hydrogen-bond acceptors (Lipinski definition) is 7. The molecular formula is C22H27NO7. The Bertz CT molecular complexity index is 882. The number of methoxy groups -OCH3 is 3. The zero-order valence-electron chi connectivity index (χ0n) is 17.8. The SMILES string of the molecule is CCOc1ccc(C(=O)O[C@H](C)C(=O)NCc2ccc(OC)c(OC)c2)cc1OC. The fourth-order valence-electron chi connectivity index (χ4n) is 2.67. The molecule has 2 aromatic carbocycles.